The molecule has 4 heterocycles. The molecule has 1 aliphatic rings. The van der Waals surface area contributed by atoms with Gasteiger partial charge in [0.1, 0.15) is 10.4 Å². The fourth-order valence-electron chi connectivity index (χ4n) is 6.05. The number of benzene rings is 2. The van der Waals surface area contributed by atoms with Crippen molar-refractivity contribution in [1.82, 2.24) is 29.3 Å². The minimum atomic E-state index is -3.78. The van der Waals surface area contributed by atoms with E-state index in [-0.39, 0.29) is 23.3 Å². The fourth-order valence-corrected chi connectivity index (χ4v) is 7.73. The van der Waals surface area contributed by atoms with Crippen LogP contribution in [0, 0.1) is 19.8 Å². The zero-order valence-corrected chi connectivity index (χ0v) is 27.3. The van der Waals surface area contributed by atoms with Crippen LogP contribution in [0.25, 0.3) is 16.6 Å². The molecule has 1 amide bonds. The van der Waals surface area contributed by atoms with Gasteiger partial charge in [0.25, 0.3) is 0 Å². The number of sulfonamides is 1. The van der Waals surface area contributed by atoms with Gasteiger partial charge in [-0.05, 0) is 103 Å². The van der Waals surface area contributed by atoms with Crippen molar-refractivity contribution >= 4 is 38.2 Å². The highest BCUT2D eigenvalue weighted by Gasteiger charge is 2.34. The monoisotopic (exact) mass is 635 g/mol. The number of hydrogen-bond acceptors (Lipinski definition) is 7. The SMILES string of the molecule is CC[C@H]1Cc2ncccc2S(=O)(=O)N(Cc2cc(/C(=C/C(=O)Nc3cccnc3)c3ccc4c(nnn4CC)c3C)ccc2C)C1. The van der Waals surface area contributed by atoms with Gasteiger partial charge >= 0.3 is 0 Å². The Bertz CT molecular complexity index is 2060. The van der Waals surface area contributed by atoms with Gasteiger partial charge in [0.15, 0.2) is 0 Å². The van der Waals surface area contributed by atoms with Crippen molar-refractivity contribution in [3.8, 4) is 0 Å². The van der Waals surface area contributed by atoms with Crippen molar-refractivity contribution in [3.05, 3.63) is 113 Å². The maximum Gasteiger partial charge on any atom is 0.249 e. The Balaban J connectivity index is 1.44. The van der Waals surface area contributed by atoms with Crippen LogP contribution in [0.2, 0.25) is 0 Å². The smallest absolute Gasteiger partial charge is 0.249 e. The Labute approximate surface area is 269 Å². The molecule has 236 valence electrons. The van der Waals surface area contributed by atoms with E-state index in [1.165, 1.54) is 0 Å². The van der Waals surface area contributed by atoms with Crippen molar-refractivity contribution < 1.29 is 13.2 Å². The van der Waals surface area contributed by atoms with Crippen LogP contribution in [0.15, 0.2) is 84.2 Å². The topological polar surface area (TPSA) is 123 Å². The molecule has 1 aliphatic heterocycles. The highest BCUT2D eigenvalue weighted by atomic mass is 32.2. The number of amides is 1. The molecule has 46 heavy (non-hydrogen) atoms. The van der Waals surface area contributed by atoms with Gasteiger partial charge in [-0.1, -0.05) is 36.8 Å². The first-order valence-corrected chi connectivity index (χ1v) is 16.9. The van der Waals surface area contributed by atoms with Crippen molar-refractivity contribution in [2.24, 2.45) is 5.92 Å². The number of pyridine rings is 2. The first kappa shape index (κ1) is 31.3. The predicted molar refractivity (Wildman–Crippen MR) is 178 cm³/mol. The van der Waals surface area contributed by atoms with Crippen LogP contribution in [0.1, 0.15) is 53.8 Å². The van der Waals surface area contributed by atoms with Gasteiger partial charge in [0.2, 0.25) is 15.9 Å². The molecule has 0 saturated carbocycles. The van der Waals surface area contributed by atoms with E-state index in [4.69, 9.17) is 0 Å². The van der Waals surface area contributed by atoms with Crippen LogP contribution in [0.3, 0.4) is 0 Å². The number of nitrogens with one attached hydrogen (secondary N) is 1. The van der Waals surface area contributed by atoms with Gasteiger partial charge in [-0.2, -0.15) is 4.31 Å². The highest BCUT2D eigenvalue weighted by molar-refractivity contribution is 7.89. The molecule has 0 bridgehead atoms. The number of aryl methyl sites for hydroxylation is 3. The van der Waals surface area contributed by atoms with E-state index in [1.54, 1.807) is 53.2 Å². The molecule has 6 rings (SSSR count). The second-order valence-electron chi connectivity index (χ2n) is 11.7. The summed E-state index contributed by atoms with van der Waals surface area (Å²) in [6.07, 6.45) is 7.93. The lowest BCUT2D eigenvalue weighted by Crippen LogP contribution is -2.33. The number of nitrogens with zero attached hydrogens (tertiary/aromatic N) is 6. The lowest BCUT2D eigenvalue weighted by Gasteiger charge is -2.24. The molecule has 2 aromatic carbocycles. The second kappa shape index (κ2) is 12.9. The molecule has 1 N–H and O–H groups in total. The quantitative estimate of drug-likeness (QED) is 0.217. The number of anilines is 1. The van der Waals surface area contributed by atoms with Gasteiger partial charge in [-0.3, -0.25) is 14.8 Å². The summed E-state index contributed by atoms with van der Waals surface area (Å²) in [6.45, 7) is 9.35. The Morgan fingerprint density at radius 3 is 2.65 bits per heavy atom. The van der Waals surface area contributed by atoms with Crippen molar-refractivity contribution in [3.63, 3.8) is 0 Å². The minimum Gasteiger partial charge on any atom is -0.321 e. The first-order chi connectivity index (χ1) is 22.2. The third-order valence-corrected chi connectivity index (χ3v) is 10.6. The van der Waals surface area contributed by atoms with E-state index in [9.17, 15) is 13.2 Å². The van der Waals surface area contributed by atoms with Gasteiger partial charge in [-0.15, -0.1) is 5.10 Å². The largest absolute Gasteiger partial charge is 0.321 e. The molecule has 10 nitrogen and oxygen atoms in total. The summed E-state index contributed by atoms with van der Waals surface area (Å²) >= 11 is 0. The van der Waals surface area contributed by atoms with Gasteiger partial charge in [-0.25, -0.2) is 13.1 Å². The normalized spacial score (nSPS) is 16.6. The van der Waals surface area contributed by atoms with Crippen molar-refractivity contribution in [2.75, 3.05) is 11.9 Å². The molecule has 0 radical (unpaired) electrons. The summed E-state index contributed by atoms with van der Waals surface area (Å²) in [4.78, 5) is 22.2. The summed E-state index contributed by atoms with van der Waals surface area (Å²) < 4.78 is 31.3. The molecule has 0 spiro atoms. The average molecular weight is 636 g/mol. The number of fused-ring (bicyclic) bond motifs is 2. The predicted octanol–water partition coefficient (Wildman–Crippen LogP) is 5.70. The Morgan fingerprint density at radius 1 is 1.07 bits per heavy atom. The van der Waals surface area contributed by atoms with Crippen LogP contribution >= 0.6 is 0 Å². The first-order valence-electron chi connectivity index (χ1n) is 15.5. The zero-order valence-electron chi connectivity index (χ0n) is 26.4. The van der Waals surface area contributed by atoms with E-state index in [0.29, 0.717) is 36.5 Å². The van der Waals surface area contributed by atoms with Crippen LogP contribution < -0.4 is 5.32 Å². The maximum absolute atomic E-state index is 14.0. The molecule has 1 atom stereocenters. The van der Waals surface area contributed by atoms with Gasteiger partial charge < -0.3 is 5.32 Å². The van der Waals surface area contributed by atoms with Gasteiger partial charge in [0.05, 0.1) is 23.1 Å². The number of aromatic nitrogens is 5. The number of carbonyl (C=O) groups is 1. The van der Waals surface area contributed by atoms with Crippen molar-refractivity contribution in [2.45, 2.75) is 58.5 Å². The lowest BCUT2D eigenvalue weighted by atomic mass is 9.91. The summed E-state index contributed by atoms with van der Waals surface area (Å²) in [6, 6.07) is 16.8. The van der Waals surface area contributed by atoms with E-state index >= 15 is 0 Å². The zero-order chi connectivity index (χ0) is 32.4. The van der Waals surface area contributed by atoms with E-state index in [1.807, 2.05) is 55.8 Å². The number of carbonyl (C=O) groups excluding carboxylic acids is 1. The van der Waals surface area contributed by atoms with Crippen molar-refractivity contribution in [1.29, 1.82) is 0 Å². The molecular formula is C35H37N7O3S. The summed E-state index contributed by atoms with van der Waals surface area (Å²) in [5.41, 5.74) is 7.90. The third kappa shape index (κ3) is 6.08. The summed E-state index contributed by atoms with van der Waals surface area (Å²) in [7, 11) is -3.78. The number of hydrogen-bond donors (Lipinski definition) is 1. The van der Waals surface area contributed by atoms with E-state index < -0.39 is 10.0 Å². The maximum atomic E-state index is 14.0. The summed E-state index contributed by atoms with van der Waals surface area (Å²) in [5, 5.41) is 11.6. The molecule has 0 unspecified atom stereocenters. The number of rotatable bonds is 8. The van der Waals surface area contributed by atoms with Crippen LogP contribution in [0.5, 0.6) is 0 Å². The van der Waals surface area contributed by atoms with Crippen LogP contribution in [-0.4, -0.2) is 50.1 Å². The van der Waals surface area contributed by atoms with Crippen LogP contribution in [0.4, 0.5) is 5.69 Å². The second-order valence-corrected chi connectivity index (χ2v) is 13.6. The molecule has 3 aromatic heterocycles. The minimum absolute atomic E-state index is 0.145. The van der Waals surface area contributed by atoms with E-state index in [2.05, 4.69) is 32.5 Å². The Hall–Kier alpha value is -4.74. The molecule has 0 fully saturated rings. The van der Waals surface area contributed by atoms with Gasteiger partial charge in [0, 0.05) is 38.1 Å². The highest BCUT2D eigenvalue weighted by Crippen LogP contribution is 2.34. The standard InChI is InChI=1S/C35H37N7O3S/c1-5-25-17-31-33(10-8-16-37-31)46(44,45)41(21-25)22-27-18-26(12-11-23(27)3)30(19-34(43)38-28-9-7-15-36-20-28)29-13-14-32-35(24(29)4)39-40-42(32)6-2/h7-16,18-20,25H,5-6,17,21-22H2,1-4H3,(H,38,43)/b30-19-/t25-/m0/s1. The van der Waals surface area contributed by atoms with E-state index in [0.717, 1.165) is 45.3 Å². The Morgan fingerprint density at radius 2 is 1.89 bits per heavy atom. The lowest BCUT2D eigenvalue weighted by molar-refractivity contribution is -0.111. The molecule has 0 aliphatic carbocycles. The molecular weight excluding hydrogens is 598 g/mol. The third-order valence-electron chi connectivity index (χ3n) is 8.73. The molecule has 11 heteroatoms. The fraction of sp³-hybridized carbons (Fsp3) is 0.286. The average Bonchev–Trinajstić information content (AvgIpc) is 3.45. The molecule has 5 aromatic rings. The Kier molecular flexibility index (Phi) is 8.79. The summed E-state index contributed by atoms with van der Waals surface area (Å²) in [5.74, 6) is -0.168. The van der Waals surface area contributed by atoms with Crippen LogP contribution in [-0.2, 0) is 34.3 Å². The molecule has 0 saturated heterocycles.